The zero-order valence-electron chi connectivity index (χ0n) is 21.9. The number of aromatic amines is 1. The van der Waals surface area contributed by atoms with E-state index in [-0.39, 0.29) is 24.8 Å². The lowest BCUT2D eigenvalue weighted by Gasteiger charge is -2.35. The fourth-order valence-electron chi connectivity index (χ4n) is 4.90. The highest BCUT2D eigenvalue weighted by molar-refractivity contribution is 5.91. The van der Waals surface area contributed by atoms with Crippen LogP contribution >= 0.6 is 12.4 Å². The number of aromatic nitrogens is 7. The summed E-state index contributed by atoms with van der Waals surface area (Å²) in [6.07, 6.45) is 8.73. The van der Waals surface area contributed by atoms with Crippen molar-refractivity contribution in [3.05, 3.63) is 78.4 Å². The largest absolute Gasteiger partial charge is 0.394 e. The summed E-state index contributed by atoms with van der Waals surface area (Å²) in [5.41, 5.74) is 9.86. The number of halogens is 2. The molecule has 208 valence electrons. The van der Waals surface area contributed by atoms with Crippen molar-refractivity contribution in [1.29, 1.82) is 0 Å². The van der Waals surface area contributed by atoms with Crippen LogP contribution in [0.15, 0.2) is 61.4 Å². The minimum absolute atomic E-state index is 0. The summed E-state index contributed by atoms with van der Waals surface area (Å²) in [4.78, 5) is 26.0. The van der Waals surface area contributed by atoms with E-state index in [2.05, 4.69) is 39.8 Å². The number of hydrogen-bond acceptors (Lipinski definition) is 9. The van der Waals surface area contributed by atoms with Gasteiger partial charge in [0.1, 0.15) is 23.6 Å². The van der Waals surface area contributed by atoms with Gasteiger partial charge in [-0.2, -0.15) is 5.10 Å². The fraction of sp³-hybridized carbons (Fsp3) is 0.296. The Morgan fingerprint density at radius 3 is 2.38 bits per heavy atom. The molecule has 5 heterocycles. The fourth-order valence-corrected chi connectivity index (χ4v) is 4.90. The third kappa shape index (κ3) is 5.20. The molecule has 1 saturated heterocycles. The van der Waals surface area contributed by atoms with Gasteiger partial charge in [-0.1, -0.05) is 12.1 Å². The summed E-state index contributed by atoms with van der Waals surface area (Å²) in [7, 11) is 0. The predicted octanol–water partition coefficient (Wildman–Crippen LogP) is 2.71. The molecule has 0 amide bonds. The maximum absolute atomic E-state index is 13.4. The van der Waals surface area contributed by atoms with Crippen molar-refractivity contribution >= 4 is 35.2 Å². The van der Waals surface area contributed by atoms with Crippen molar-refractivity contribution in [1.82, 2.24) is 34.7 Å². The van der Waals surface area contributed by atoms with Gasteiger partial charge in [0.2, 0.25) is 5.95 Å². The van der Waals surface area contributed by atoms with E-state index in [1.807, 2.05) is 19.2 Å². The monoisotopic (exact) mass is 564 g/mol. The van der Waals surface area contributed by atoms with Gasteiger partial charge < -0.3 is 25.6 Å². The normalized spacial score (nSPS) is 15.2. The van der Waals surface area contributed by atoms with Crippen LogP contribution in [0.4, 0.5) is 16.2 Å². The maximum atomic E-state index is 13.4. The second kappa shape index (κ2) is 11.2. The number of aliphatic hydroxyl groups excluding tert-OH is 1. The molecule has 40 heavy (non-hydrogen) atoms. The molecule has 1 aromatic carbocycles. The van der Waals surface area contributed by atoms with Crippen molar-refractivity contribution in [3.8, 4) is 11.3 Å². The van der Waals surface area contributed by atoms with Gasteiger partial charge in [-0.25, -0.2) is 24.3 Å². The molecule has 1 aliphatic rings. The molecule has 0 aliphatic carbocycles. The third-order valence-electron chi connectivity index (χ3n) is 7.22. The molecular formula is C27H30ClFN10O. The number of hydrogen-bond donors (Lipinski definition) is 3. The van der Waals surface area contributed by atoms with Crippen molar-refractivity contribution in [2.75, 3.05) is 42.6 Å². The summed E-state index contributed by atoms with van der Waals surface area (Å²) in [6.45, 7) is 5.30. The Morgan fingerprint density at radius 2 is 1.68 bits per heavy atom. The molecule has 4 aromatic heterocycles. The van der Waals surface area contributed by atoms with Crippen LogP contribution in [-0.4, -0.2) is 72.6 Å². The van der Waals surface area contributed by atoms with Crippen LogP contribution in [-0.2, 0) is 12.1 Å². The molecule has 1 atom stereocenters. The van der Waals surface area contributed by atoms with Gasteiger partial charge in [-0.05, 0) is 30.7 Å². The number of fused-ring (bicyclic) bond motifs is 1. The van der Waals surface area contributed by atoms with Gasteiger partial charge in [-0.15, -0.1) is 12.4 Å². The van der Waals surface area contributed by atoms with Gasteiger partial charge in [0.15, 0.2) is 0 Å². The molecule has 5 aromatic rings. The van der Waals surface area contributed by atoms with Crippen LogP contribution in [0.3, 0.4) is 0 Å². The summed E-state index contributed by atoms with van der Waals surface area (Å²) in [5, 5.41) is 14.4. The van der Waals surface area contributed by atoms with Crippen LogP contribution in [0.5, 0.6) is 0 Å². The first kappa shape index (κ1) is 27.4. The number of piperazine rings is 1. The lowest BCUT2D eigenvalue weighted by molar-refractivity contribution is 0.269. The number of nitrogens with two attached hydrogens (primary N) is 1. The summed E-state index contributed by atoms with van der Waals surface area (Å²) < 4.78 is 15.1. The number of nitrogens with zero attached hydrogens (tertiary/aromatic N) is 8. The lowest BCUT2D eigenvalue weighted by atomic mass is 9.87. The topological polar surface area (TPSA) is 138 Å². The van der Waals surface area contributed by atoms with E-state index in [0.717, 1.165) is 65.4 Å². The molecule has 1 aliphatic heterocycles. The highest BCUT2D eigenvalue weighted by Gasteiger charge is 2.26. The zero-order valence-corrected chi connectivity index (χ0v) is 22.7. The molecule has 11 nitrogen and oxygen atoms in total. The quantitative estimate of drug-likeness (QED) is 0.272. The Balaban J connectivity index is 0.00000323. The van der Waals surface area contributed by atoms with E-state index in [1.54, 1.807) is 41.7 Å². The average molecular weight is 565 g/mol. The van der Waals surface area contributed by atoms with Crippen LogP contribution in [0.1, 0.15) is 18.1 Å². The highest BCUT2D eigenvalue weighted by atomic mass is 35.5. The summed E-state index contributed by atoms with van der Waals surface area (Å²) >= 11 is 0. The smallest absolute Gasteiger partial charge is 0.225 e. The number of nitrogens with one attached hydrogen (secondary N) is 1. The second-order valence-corrected chi connectivity index (χ2v) is 9.81. The van der Waals surface area contributed by atoms with Crippen LogP contribution < -0.4 is 15.5 Å². The van der Waals surface area contributed by atoms with Crippen LogP contribution in [0.25, 0.3) is 22.3 Å². The van der Waals surface area contributed by atoms with E-state index in [9.17, 15) is 4.39 Å². The van der Waals surface area contributed by atoms with E-state index >= 15 is 0 Å². The van der Waals surface area contributed by atoms with E-state index in [0.29, 0.717) is 12.5 Å². The molecule has 6 rings (SSSR count). The molecule has 1 fully saturated rings. The molecule has 0 radical (unpaired) electrons. The molecule has 0 spiro atoms. The number of anilines is 2. The standard InChI is InChI=1S/C27H29FN10O.ClH/c1-27(29,19-2-4-21(28)5-3-19)20-14-30-26(31-15-20)37-8-6-36(7-9-37)25-22-12-23(35-24(22)32-17-33-25)18-13-34-38(16-18)10-11-39;/h2-5,12-17,39H,6-11,29H2,1H3,(H,32,33,35);1H. The van der Waals surface area contributed by atoms with Gasteiger partial charge in [-0.3, -0.25) is 4.68 Å². The van der Waals surface area contributed by atoms with Gasteiger partial charge in [0.25, 0.3) is 0 Å². The van der Waals surface area contributed by atoms with E-state index in [1.165, 1.54) is 12.1 Å². The van der Waals surface area contributed by atoms with E-state index in [4.69, 9.17) is 10.8 Å². The molecule has 0 saturated carbocycles. The molecular weight excluding hydrogens is 535 g/mol. The van der Waals surface area contributed by atoms with Crippen LogP contribution in [0, 0.1) is 5.82 Å². The average Bonchev–Trinajstić information content (AvgIpc) is 3.61. The van der Waals surface area contributed by atoms with Gasteiger partial charge >= 0.3 is 0 Å². The highest BCUT2D eigenvalue weighted by Crippen LogP contribution is 2.30. The Kier molecular flexibility index (Phi) is 7.66. The summed E-state index contributed by atoms with van der Waals surface area (Å²) in [6, 6.07) is 8.22. The van der Waals surface area contributed by atoms with Crippen molar-refractivity contribution in [2.45, 2.75) is 19.0 Å². The first-order chi connectivity index (χ1) is 18.9. The predicted molar refractivity (Wildman–Crippen MR) is 153 cm³/mol. The maximum Gasteiger partial charge on any atom is 0.225 e. The van der Waals surface area contributed by atoms with Gasteiger partial charge in [0.05, 0.1) is 36.0 Å². The second-order valence-electron chi connectivity index (χ2n) is 9.81. The minimum Gasteiger partial charge on any atom is -0.394 e. The van der Waals surface area contributed by atoms with Crippen molar-refractivity contribution in [2.24, 2.45) is 5.73 Å². The van der Waals surface area contributed by atoms with Crippen molar-refractivity contribution < 1.29 is 9.50 Å². The Hall–Kier alpha value is -4.13. The number of benzene rings is 1. The Labute approximate surface area is 236 Å². The van der Waals surface area contributed by atoms with Crippen molar-refractivity contribution in [3.63, 3.8) is 0 Å². The number of rotatable bonds is 7. The molecule has 1 unspecified atom stereocenters. The Morgan fingerprint density at radius 1 is 0.975 bits per heavy atom. The number of aliphatic hydroxyl groups is 1. The van der Waals surface area contributed by atoms with Crippen LogP contribution in [0.2, 0.25) is 0 Å². The zero-order chi connectivity index (χ0) is 27.0. The number of H-pyrrole nitrogens is 1. The summed E-state index contributed by atoms with van der Waals surface area (Å²) in [5.74, 6) is 1.22. The molecule has 0 bridgehead atoms. The molecule has 4 N–H and O–H groups in total. The van der Waals surface area contributed by atoms with E-state index < -0.39 is 5.54 Å². The third-order valence-corrected chi connectivity index (χ3v) is 7.22. The first-order valence-electron chi connectivity index (χ1n) is 12.8. The van der Waals surface area contributed by atoms with Gasteiger partial charge in [0, 0.05) is 55.9 Å². The Bertz CT molecular complexity index is 1580. The first-order valence-corrected chi connectivity index (χ1v) is 12.8. The molecule has 13 heteroatoms. The minimum atomic E-state index is -0.837. The SMILES string of the molecule is CC(N)(c1ccc(F)cc1)c1cnc(N2CCN(c3ncnc4[nH]c(-c5cnn(CCO)c5)cc34)CC2)nc1.Cl. The lowest BCUT2D eigenvalue weighted by Crippen LogP contribution is -2.47.